The molecule has 220 valence electrons. The van der Waals surface area contributed by atoms with Gasteiger partial charge in [0, 0.05) is 61.5 Å². The fourth-order valence-electron chi connectivity index (χ4n) is 7.73. The molecule has 4 atom stereocenters. The highest BCUT2D eigenvalue weighted by Crippen LogP contribution is 2.41. The molecule has 0 amide bonds. The van der Waals surface area contributed by atoms with E-state index in [4.69, 9.17) is 16.1 Å². The van der Waals surface area contributed by atoms with E-state index in [0.717, 1.165) is 45.3 Å². The van der Waals surface area contributed by atoms with Gasteiger partial charge in [-0.2, -0.15) is 9.97 Å². The predicted octanol–water partition coefficient (Wildman–Crippen LogP) is 3.96. The van der Waals surface area contributed by atoms with Crippen LogP contribution >= 0.6 is 0 Å². The van der Waals surface area contributed by atoms with Crippen LogP contribution in [-0.4, -0.2) is 86.5 Å². The monoisotopic (exact) mass is 583 g/mol. The third-order valence-corrected chi connectivity index (χ3v) is 9.63. The summed E-state index contributed by atoms with van der Waals surface area (Å²) in [6, 6.07) is 5.41. The van der Waals surface area contributed by atoms with Crippen LogP contribution in [0.15, 0.2) is 30.6 Å². The first kappa shape index (κ1) is 26.5. The predicted molar refractivity (Wildman–Crippen MR) is 158 cm³/mol. The number of benzene rings is 1. The number of rotatable bonds is 5. The van der Waals surface area contributed by atoms with Gasteiger partial charge in [-0.25, -0.2) is 13.8 Å². The Labute approximate surface area is 247 Å². The van der Waals surface area contributed by atoms with E-state index in [-0.39, 0.29) is 29.6 Å². The van der Waals surface area contributed by atoms with Gasteiger partial charge < -0.3 is 20.1 Å². The summed E-state index contributed by atoms with van der Waals surface area (Å²) in [5.41, 5.74) is 0.298. The third kappa shape index (κ3) is 4.34. The van der Waals surface area contributed by atoms with Gasteiger partial charge in [0.1, 0.15) is 41.3 Å². The topological polar surface area (TPSA) is 99.5 Å². The standard InChI is InChI=1S/C32H31F2N7O2/c1-2-25-26-18(6-8-35-25)10-22(42)11-23(26)28-27(34)29-24(13-36-28)30(40-15-20-4-5-21(16-40)37-20)39-31(38-29)43-17-32-7-3-9-41(32)14-19(33)12-32/h1,6,8,10-11,13,19-21,37,42H,3-5,7,9,12,14-17H2/t19-,20-,21+,32+/m1/s1. The number of pyridine rings is 2. The molecule has 7 heterocycles. The van der Waals surface area contributed by atoms with Crippen LogP contribution in [0.3, 0.4) is 0 Å². The van der Waals surface area contributed by atoms with E-state index in [1.807, 2.05) is 0 Å². The first-order chi connectivity index (χ1) is 20.9. The maximum Gasteiger partial charge on any atom is 0.319 e. The minimum atomic E-state index is -0.890. The number of aromatic hydroxyl groups is 1. The maximum absolute atomic E-state index is 16.7. The first-order valence-electron chi connectivity index (χ1n) is 14.9. The lowest BCUT2D eigenvalue weighted by atomic mass is 9.95. The Hall–Kier alpha value is -4.14. The lowest BCUT2D eigenvalue weighted by molar-refractivity contribution is 0.107. The molecule has 2 bridgehead atoms. The normalized spacial score (nSPS) is 26.7. The van der Waals surface area contributed by atoms with Crippen LogP contribution in [0.4, 0.5) is 14.6 Å². The van der Waals surface area contributed by atoms with E-state index in [9.17, 15) is 9.50 Å². The number of fused-ring (bicyclic) bond motifs is 5. The van der Waals surface area contributed by atoms with Crippen molar-refractivity contribution in [2.75, 3.05) is 37.7 Å². The summed E-state index contributed by atoms with van der Waals surface area (Å²) in [6.07, 6.45) is 12.4. The van der Waals surface area contributed by atoms with Gasteiger partial charge in [-0.1, -0.05) is 0 Å². The Balaban J connectivity index is 1.27. The molecule has 0 radical (unpaired) electrons. The molecule has 4 saturated heterocycles. The second-order valence-corrected chi connectivity index (χ2v) is 12.3. The molecule has 0 saturated carbocycles. The average molecular weight is 584 g/mol. The number of alkyl halides is 1. The molecule has 3 aromatic heterocycles. The fourth-order valence-corrected chi connectivity index (χ4v) is 7.73. The van der Waals surface area contributed by atoms with Crippen molar-refractivity contribution >= 4 is 27.5 Å². The van der Waals surface area contributed by atoms with E-state index < -0.39 is 17.5 Å². The van der Waals surface area contributed by atoms with Crippen LogP contribution in [0.2, 0.25) is 0 Å². The quantitative estimate of drug-likeness (QED) is 0.338. The van der Waals surface area contributed by atoms with Gasteiger partial charge >= 0.3 is 6.01 Å². The van der Waals surface area contributed by atoms with E-state index in [1.165, 1.54) is 6.07 Å². The summed E-state index contributed by atoms with van der Waals surface area (Å²) in [4.78, 5) is 22.6. The molecular weight excluding hydrogens is 552 g/mol. The molecule has 1 aromatic carbocycles. The smallest absolute Gasteiger partial charge is 0.319 e. The number of terminal acetylenes is 1. The van der Waals surface area contributed by atoms with Gasteiger partial charge in [-0.3, -0.25) is 9.88 Å². The van der Waals surface area contributed by atoms with Crippen LogP contribution in [0.5, 0.6) is 11.8 Å². The van der Waals surface area contributed by atoms with Crippen molar-refractivity contribution in [2.24, 2.45) is 0 Å². The number of piperazine rings is 1. The number of aromatic nitrogens is 4. The second kappa shape index (κ2) is 9.96. The van der Waals surface area contributed by atoms with Crippen LogP contribution in [0, 0.1) is 18.2 Å². The molecule has 9 nitrogen and oxygen atoms in total. The Kier molecular flexibility index (Phi) is 6.14. The summed E-state index contributed by atoms with van der Waals surface area (Å²) in [5.74, 6) is 2.41. The minimum absolute atomic E-state index is 0.00879. The maximum atomic E-state index is 16.7. The van der Waals surface area contributed by atoms with Gasteiger partial charge in [0.05, 0.1) is 10.9 Å². The average Bonchev–Trinajstić information content (AvgIpc) is 3.65. The Morgan fingerprint density at radius 2 is 2.00 bits per heavy atom. The number of halogens is 2. The number of hydrogen-bond donors (Lipinski definition) is 2. The first-order valence-corrected chi connectivity index (χ1v) is 14.9. The van der Waals surface area contributed by atoms with Crippen molar-refractivity contribution in [1.82, 2.24) is 30.2 Å². The largest absolute Gasteiger partial charge is 0.508 e. The molecule has 2 N–H and O–H groups in total. The van der Waals surface area contributed by atoms with Crippen LogP contribution in [-0.2, 0) is 0 Å². The molecule has 0 aliphatic carbocycles. The number of phenols is 1. The molecular formula is C32H31F2N7O2. The van der Waals surface area contributed by atoms with E-state index in [2.05, 4.69) is 36.0 Å². The number of phenolic OH excluding ortho intramolecular Hbond substituents is 1. The van der Waals surface area contributed by atoms with Gasteiger partial charge in [-0.05, 0) is 61.7 Å². The summed E-state index contributed by atoms with van der Waals surface area (Å²) in [7, 11) is 0. The third-order valence-electron chi connectivity index (χ3n) is 9.63. The van der Waals surface area contributed by atoms with Crippen molar-refractivity contribution in [2.45, 2.75) is 55.9 Å². The second-order valence-electron chi connectivity index (χ2n) is 12.3. The van der Waals surface area contributed by atoms with Crippen LogP contribution in [0.1, 0.15) is 37.8 Å². The van der Waals surface area contributed by atoms with Gasteiger partial charge in [0.25, 0.3) is 0 Å². The van der Waals surface area contributed by atoms with E-state index in [1.54, 1.807) is 24.5 Å². The van der Waals surface area contributed by atoms with Gasteiger partial charge in [-0.15, -0.1) is 6.42 Å². The molecule has 11 heteroatoms. The summed E-state index contributed by atoms with van der Waals surface area (Å²) in [5, 5.41) is 15.7. The van der Waals surface area contributed by atoms with Crippen molar-refractivity contribution in [3.05, 3.63) is 42.1 Å². The Morgan fingerprint density at radius 1 is 1.16 bits per heavy atom. The van der Waals surface area contributed by atoms with Crippen molar-refractivity contribution in [3.63, 3.8) is 0 Å². The van der Waals surface area contributed by atoms with Crippen LogP contribution in [0.25, 0.3) is 32.9 Å². The van der Waals surface area contributed by atoms with Gasteiger partial charge in [0.2, 0.25) is 0 Å². The molecule has 0 unspecified atom stereocenters. The number of nitrogens with one attached hydrogen (secondary N) is 1. The Bertz CT molecular complexity index is 1800. The van der Waals surface area contributed by atoms with Crippen molar-refractivity contribution < 1.29 is 18.6 Å². The molecule has 43 heavy (non-hydrogen) atoms. The summed E-state index contributed by atoms with van der Waals surface area (Å²) in [6.45, 7) is 2.93. The highest BCUT2D eigenvalue weighted by atomic mass is 19.1. The number of anilines is 1. The number of nitrogens with zero attached hydrogens (tertiary/aromatic N) is 6. The fraction of sp³-hybridized carbons (Fsp3) is 0.438. The minimum Gasteiger partial charge on any atom is -0.508 e. The van der Waals surface area contributed by atoms with E-state index >= 15 is 4.39 Å². The Morgan fingerprint density at radius 3 is 2.81 bits per heavy atom. The molecule has 4 aliphatic rings. The SMILES string of the molecule is C#Cc1nccc2cc(O)cc(-c3ncc4c(N5C[C@H]6CC[C@@H](C5)N6)nc(OC[C@@]56CCCN5C[C@H](F)C6)nc4c3F)c12. The van der Waals surface area contributed by atoms with E-state index in [0.29, 0.717) is 58.3 Å². The lowest BCUT2D eigenvalue weighted by Gasteiger charge is -2.34. The molecule has 0 spiro atoms. The summed E-state index contributed by atoms with van der Waals surface area (Å²) < 4.78 is 37.4. The highest BCUT2D eigenvalue weighted by Gasteiger charge is 2.49. The van der Waals surface area contributed by atoms with Crippen molar-refractivity contribution in [1.29, 1.82) is 0 Å². The highest BCUT2D eigenvalue weighted by molar-refractivity contribution is 6.02. The summed E-state index contributed by atoms with van der Waals surface area (Å²) >= 11 is 0. The van der Waals surface area contributed by atoms with Gasteiger partial charge in [0.15, 0.2) is 5.82 Å². The zero-order valence-electron chi connectivity index (χ0n) is 23.6. The zero-order chi connectivity index (χ0) is 29.3. The number of ether oxygens (including phenoxy) is 1. The molecule has 4 aromatic rings. The number of hydrogen-bond acceptors (Lipinski definition) is 9. The molecule has 8 rings (SSSR count). The van der Waals surface area contributed by atoms with Crippen LogP contribution < -0.4 is 15.0 Å². The van der Waals surface area contributed by atoms with Crippen molar-refractivity contribution in [3.8, 4) is 35.4 Å². The molecule has 4 fully saturated rings. The lowest BCUT2D eigenvalue weighted by Crippen LogP contribution is -2.51. The molecule has 4 aliphatic heterocycles. The zero-order valence-corrected chi connectivity index (χ0v) is 23.6.